The second-order valence-corrected chi connectivity index (χ2v) is 9.26. The van der Waals surface area contributed by atoms with Gasteiger partial charge in [0.05, 0.1) is 18.9 Å². The molecule has 2 fully saturated rings. The zero-order valence-electron chi connectivity index (χ0n) is 16.0. The molecule has 0 radical (unpaired) electrons. The summed E-state index contributed by atoms with van der Waals surface area (Å²) in [5.74, 6) is 0.788. The second-order valence-electron chi connectivity index (χ2n) is 7.34. The molecule has 2 aliphatic rings. The highest BCUT2D eigenvalue weighted by Crippen LogP contribution is 2.38. The molecule has 27 heavy (non-hydrogen) atoms. The number of guanidine groups is 1. The predicted octanol–water partition coefficient (Wildman–Crippen LogP) is 1.18. The van der Waals surface area contributed by atoms with Crippen LogP contribution in [-0.2, 0) is 21.3 Å². The Morgan fingerprint density at radius 3 is 2.81 bits per heavy atom. The topological polar surface area (TPSA) is 83.0 Å². The number of rotatable bonds is 7. The smallest absolute Gasteiger partial charge is 0.213 e. The zero-order chi connectivity index (χ0) is 19.2. The lowest BCUT2D eigenvalue weighted by Crippen LogP contribution is -2.42. The third-order valence-corrected chi connectivity index (χ3v) is 6.52. The van der Waals surface area contributed by atoms with Crippen molar-refractivity contribution in [2.75, 3.05) is 45.1 Å². The Hall–Kier alpha value is -1.64. The van der Waals surface area contributed by atoms with Gasteiger partial charge >= 0.3 is 0 Å². The van der Waals surface area contributed by atoms with Gasteiger partial charge in [0.15, 0.2) is 5.96 Å². The zero-order valence-corrected chi connectivity index (χ0v) is 16.8. The van der Waals surface area contributed by atoms with E-state index in [1.165, 1.54) is 0 Å². The van der Waals surface area contributed by atoms with Gasteiger partial charge in [-0.3, -0.25) is 4.99 Å². The normalized spacial score (nSPS) is 23.3. The third-order valence-electron chi connectivity index (χ3n) is 5.22. The summed E-state index contributed by atoms with van der Waals surface area (Å²) in [6.45, 7) is 6.86. The molecule has 0 bridgehead atoms. The van der Waals surface area contributed by atoms with E-state index in [1.807, 2.05) is 37.3 Å². The van der Waals surface area contributed by atoms with Crippen molar-refractivity contribution in [3.8, 4) is 0 Å². The van der Waals surface area contributed by atoms with Crippen molar-refractivity contribution < 1.29 is 13.2 Å². The van der Waals surface area contributed by atoms with Gasteiger partial charge in [0.25, 0.3) is 0 Å². The minimum absolute atomic E-state index is 0.0170. The molecule has 3 rings (SSSR count). The number of nitrogens with zero attached hydrogens (tertiary/aromatic N) is 2. The molecule has 2 saturated heterocycles. The van der Waals surface area contributed by atoms with Crippen LogP contribution in [0.4, 0.5) is 0 Å². The highest BCUT2D eigenvalue weighted by Gasteiger charge is 2.42. The lowest BCUT2D eigenvalue weighted by molar-refractivity contribution is 0.156. The molecule has 1 unspecified atom stereocenters. The molecule has 150 valence electrons. The maximum Gasteiger partial charge on any atom is 0.213 e. The number of sulfonamides is 1. The van der Waals surface area contributed by atoms with Crippen LogP contribution >= 0.6 is 0 Å². The Labute approximate surface area is 162 Å². The standard InChI is InChI=1S/C19H30N4O3S/c1-2-20-18(23-11-8-19(15-23)9-12-26-16-19)21-10-13-27(24,25)22-14-17-6-4-3-5-7-17/h3-7,22H,2,8-16H2,1H3,(H,20,21). The lowest BCUT2D eigenvalue weighted by atomic mass is 9.87. The first kappa shape index (κ1) is 20.1. The number of likely N-dealkylation sites (tertiary alicyclic amines) is 1. The number of ether oxygens (including phenoxy) is 1. The SMILES string of the molecule is CCNC(=NCCS(=O)(=O)NCc1ccccc1)N1CCC2(CCOC2)C1. The van der Waals surface area contributed by atoms with Crippen molar-refractivity contribution in [2.45, 2.75) is 26.3 Å². The van der Waals surface area contributed by atoms with Crippen molar-refractivity contribution in [3.05, 3.63) is 35.9 Å². The number of nitrogens with one attached hydrogen (secondary N) is 2. The molecular weight excluding hydrogens is 364 g/mol. The summed E-state index contributed by atoms with van der Waals surface area (Å²) < 4.78 is 32.7. The Morgan fingerprint density at radius 2 is 2.11 bits per heavy atom. The Morgan fingerprint density at radius 1 is 1.30 bits per heavy atom. The van der Waals surface area contributed by atoms with Gasteiger partial charge in [-0.2, -0.15) is 0 Å². The molecule has 1 spiro atoms. The molecule has 0 saturated carbocycles. The van der Waals surface area contributed by atoms with E-state index in [1.54, 1.807) is 0 Å². The lowest BCUT2D eigenvalue weighted by Gasteiger charge is -2.25. The summed E-state index contributed by atoms with van der Waals surface area (Å²) >= 11 is 0. The van der Waals surface area contributed by atoms with Crippen LogP contribution in [0.15, 0.2) is 35.3 Å². The van der Waals surface area contributed by atoms with Gasteiger partial charge in [-0.25, -0.2) is 13.1 Å². The van der Waals surface area contributed by atoms with Crippen molar-refractivity contribution >= 4 is 16.0 Å². The van der Waals surface area contributed by atoms with Crippen LogP contribution in [-0.4, -0.2) is 64.4 Å². The van der Waals surface area contributed by atoms with Crippen LogP contribution < -0.4 is 10.0 Å². The molecule has 2 N–H and O–H groups in total. The minimum atomic E-state index is -3.36. The van der Waals surface area contributed by atoms with Crippen LogP contribution in [0.25, 0.3) is 0 Å². The average Bonchev–Trinajstić information content (AvgIpc) is 3.30. The van der Waals surface area contributed by atoms with Crippen molar-refractivity contribution in [3.63, 3.8) is 0 Å². The van der Waals surface area contributed by atoms with Crippen LogP contribution in [0.2, 0.25) is 0 Å². The van der Waals surface area contributed by atoms with Gasteiger partial charge in [-0.15, -0.1) is 0 Å². The Kier molecular flexibility index (Phi) is 6.73. The van der Waals surface area contributed by atoms with Gasteiger partial charge in [0.1, 0.15) is 0 Å². The maximum atomic E-state index is 12.2. The number of aliphatic imine (C=N–C) groups is 1. The number of benzene rings is 1. The van der Waals surface area contributed by atoms with Crippen LogP contribution in [0.5, 0.6) is 0 Å². The molecular formula is C19H30N4O3S. The largest absolute Gasteiger partial charge is 0.381 e. The van der Waals surface area contributed by atoms with Crippen LogP contribution in [0.3, 0.4) is 0 Å². The fourth-order valence-electron chi connectivity index (χ4n) is 3.65. The number of hydrogen-bond acceptors (Lipinski definition) is 4. The molecule has 1 atom stereocenters. The minimum Gasteiger partial charge on any atom is -0.381 e. The summed E-state index contributed by atoms with van der Waals surface area (Å²) in [7, 11) is -3.36. The van der Waals surface area contributed by atoms with Crippen LogP contribution in [0.1, 0.15) is 25.3 Å². The highest BCUT2D eigenvalue weighted by atomic mass is 32.2. The third kappa shape index (κ3) is 5.67. The molecule has 0 aliphatic carbocycles. The van der Waals surface area contributed by atoms with E-state index in [9.17, 15) is 8.42 Å². The van der Waals surface area contributed by atoms with E-state index < -0.39 is 10.0 Å². The van der Waals surface area contributed by atoms with Crippen molar-refractivity contribution in [2.24, 2.45) is 10.4 Å². The summed E-state index contributed by atoms with van der Waals surface area (Å²) in [5.41, 5.74) is 1.19. The molecule has 0 amide bonds. The van der Waals surface area contributed by atoms with Crippen LogP contribution in [0, 0.1) is 5.41 Å². The summed E-state index contributed by atoms with van der Waals surface area (Å²) in [6, 6.07) is 9.51. The van der Waals surface area contributed by atoms with E-state index in [4.69, 9.17) is 4.74 Å². The highest BCUT2D eigenvalue weighted by molar-refractivity contribution is 7.89. The molecule has 1 aromatic carbocycles. The van der Waals surface area contributed by atoms with E-state index >= 15 is 0 Å². The van der Waals surface area contributed by atoms with Gasteiger partial charge in [0.2, 0.25) is 10.0 Å². The fraction of sp³-hybridized carbons (Fsp3) is 0.632. The molecule has 8 heteroatoms. The molecule has 7 nitrogen and oxygen atoms in total. The predicted molar refractivity (Wildman–Crippen MR) is 107 cm³/mol. The summed E-state index contributed by atoms with van der Waals surface area (Å²) in [5, 5.41) is 3.29. The fourth-order valence-corrected chi connectivity index (χ4v) is 4.51. The van der Waals surface area contributed by atoms with Gasteiger partial charge in [0, 0.05) is 38.2 Å². The quantitative estimate of drug-likeness (QED) is 0.536. The van der Waals surface area contributed by atoms with Gasteiger partial charge in [-0.1, -0.05) is 30.3 Å². The second kappa shape index (κ2) is 9.03. The molecule has 0 aromatic heterocycles. The molecule has 1 aromatic rings. The first-order valence-corrected chi connectivity index (χ1v) is 11.3. The monoisotopic (exact) mass is 394 g/mol. The Bertz CT molecular complexity index is 731. The summed E-state index contributed by atoms with van der Waals surface area (Å²) in [6.07, 6.45) is 2.20. The molecule has 2 aliphatic heterocycles. The molecule has 2 heterocycles. The van der Waals surface area contributed by atoms with Gasteiger partial charge in [-0.05, 0) is 25.3 Å². The van der Waals surface area contributed by atoms with E-state index in [0.29, 0.717) is 6.54 Å². The van der Waals surface area contributed by atoms with Crippen molar-refractivity contribution in [1.82, 2.24) is 14.9 Å². The van der Waals surface area contributed by atoms with Gasteiger partial charge < -0.3 is 15.0 Å². The van der Waals surface area contributed by atoms with Crippen molar-refractivity contribution in [1.29, 1.82) is 0 Å². The van der Waals surface area contributed by atoms with E-state index in [0.717, 1.165) is 57.2 Å². The Balaban J connectivity index is 1.52. The van der Waals surface area contributed by atoms with E-state index in [-0.39, 0.29) is 17.7 Å². The summed E-state index contributed by atoms with van der Waals surface area (Å²) in [4.78, 5) is 6.80. The number of hydrogen-bond donors (Lipinski definition) is 2. The first-order valence-electron chi connectivity index (χ1n) is 9.64. The average molecular weight is 395 g/mol. The maximum absolute atomic E-state index is 12.2. The first-order chi connectivity index (χ1) is 13.0. The van der Waals surface area contributed by atoms with E-state index in [2.05, 4.69) is 19.9 Å².